The van der Waals surface area contributed by atoms with Gasteiger partial charge < -0.3 is 10.2 Å². The lowest BCUT2D eigenvalue weighted by atomic mass is 9.89. The van der Waals surface area contributed by atoms with Gasteiger partial charge >= 0.3 is 0 Å². The molecule has 0 radical (unpaired) electrons. The van der Waals surface area contributed by atoms with Crippen molar-refractivity contribution in [3.8, 4) is 6.07 Å². The molecule has 1 amide bonds. The molecule has 0 spiro atoms. The largest absolute Gasteiger partial charge is 0.334 e. The van der Waals surface area contributed by atoms with Crippen LogP contribution in [0, 0.1) is 14.9 Å². The third-order valence-corrected chi connectivity index (χ3v) is 5.16. The second kappa shape index (κ2) is 6.29. The van der Waals surface area contributed by atoms with Crippen LogP contribution >= 0.6 is 34.2 Å². The van der Waals surface area contributed by atoms with Gasteiger partial charge in [-0.1, -0.05) is 11.6 Å². The first-order valence-corrected chi connectivity index (χ1v) is 7.79. The maximum atomic E-state index is 12.3. The van der Waals surface area contributed by atoms with Crippen molar-refractivity contribution in [3.63, 3.8) is 0 Å². The van der Waals surface area contributed by atoms with Crippen molar-refractivity contribution in [2.75, 3.05) is 20.1 Å². The fraction of sp³-hybridized carbons (Fsp3) is 0.429. The summed E-state index contributed by atoms with van der Waals surface area (Å²) < 4.78 is 0.898. The molecule has 6 heteroatoms. The SMILES string of the molecule is CN1CCC(C#N)(NC(=O)c2ccc(I)c(Cl)c2)CC1. The number of nitriles is 1. The fourth-order valence-electron chi connectivity index (χ4n) is 2.19. The first kappa shape index (κ1) is 15.5. The molecule has 1 saturated heterocycles. The summed E-state index contributed by atoms with van der Waals surface area (Å²) in [4.78, 5) is 14.4. The van der Waals surface area contributed by atoms with Gasteiger partial charge in [-0.15, -0.1) is 0 Å². The molecule has 1 aliphatic rings. The van der Waals surface area contributed by atoms with Crippen molar-refractivity contribution in [2.45, 2.75) is 18.4 Å². The Bertz CT molecular complexity index is 562. The van der Waals surface area contributed by atoms with Crippen LogP contribution < -0.4 is 5.32 Å². The van der Waals surface area contributed by atoms with E-state index < -0.39 is 5.54 Å². The Kier molecular flexibility index (Phi) is 4.89. The lowest BCUT2D eigenvalue weighted by molar-refractivity contribution is 0.0882. The average molecular weight is 404 g/mol. The van der Waals surface area contributed by atoms with E-state index in [0.29, 0.717) is 23.4 Å². The minimum atomic E-state index is -0.765. The number of hydrogen-bond donors (Lipinski definition) is 1. The van der Waals surface area contributed by atoms with E-state index in [4.69, 9.17) is 11.6 Å². The normalized spacial score (nSPS) is 18.3. The van der Waals surface area contributed by atoms with E-state index in [9.17, 15) is 10.1 Å². The van der Waals surface area contributed by atoms with Crippen LogP contribution in [0.2, 0.25) is 5.02 Å². The van der Waals surface area contributed by atoms with Gasteiger partial charge in [0.25, 0.3) is 5.91 Å². The van der Waals surface area contributed by atoms with E-state index in [-0.39, 0.29) is 5.91 Å². The molecule has 4 nitrogen and oxygen atoms in total. The smallest absolute Gasteiger partial charge is 0.252 e. The molecule has 20 heavy (non-hydrogen) atoms. The van der Waals surface area contributed by atoms with Crippen LogP contribution in [-0.4, -0.2) is 36.5 Å². The fourth-order valence-corrected chi connectivity index (χ4v) is 2.71. The summed E-state index contributed by atoms with van der Waals surface area (Å²) in [6.45, 7) is 1.61. The molecule has 1 aliphatic heterocycles. The second-order valence-corrected chi connectivity index (χ2v) is 6.65. The predicted octanol–water partition coefficient (Wildman–Crippen LogP) is 2.66. The van der Waals surface area contributed by atoms with E-state index in [1.165, 1.54) is 0 Å². The Morgan fingerprint density at radius 2 is 2.15 bits per heavy atom. The maximum absolute atomic E-state index is 12.3. The molecule has 0 atom stereocenters. The Balaban J connectivity index is 2.13. The first-order chi connectivity index (χ1) is 9.46. The van der Waals surface area contributed by atoms with Crippen molar-refractivity contribution in [2.24, 2.45) is 0 Å². The third-order valence-electron chi connectivity index (χ3n) is 3.59. The van der Waals surface area contributed by atoms with E-state index in [1.807, 2.05) is 7.05 Å². The molecule has 0 bridgehead atoms. The minimum absolute atomic E-state index is 0.241. The number of carbonyl (C=O) groups excluding carboxylic acids is 1. The van der Waals surface area contributed by atoms with E-state index >= 15 is 0 Å². The van der Waals surface area contributed by atoms with Crippen LogP contribution in [0.4, 0.5) is 0 Å². The third kappa shape index (κ3) is 3.43. The summed E-state index contributed by atoms with van der Waals surface area (Å²) in [7, 11) is 2.02. The number of hydrogen-bond acceptors (Lipinski definition) is 3. The summed E-state index contributed by atoms with van der Waals surface area (Å²) in [5.74, 6) is -0.241. The number of amides is 1. The molecule has 1 heterocycles. The van der Waals surface area contributed by atoms with Crippen LogP contribution in [0.3, 0.4) is 0 Å². The molecule has 0 aromatic heterocycles. The lowest BCUT2D eigenvalue weighted by Crippen LogP contribution is -2.53. The molecule has 2 rings (SSSR count). The highest BCUT2D eigenvalue weighted by Gasteiger charge is 2.35. The number of halogens is 2. The summed E-state index contributed by atoms with van der Waals surface area (Å²) in [6.07, 6.45) is 1.29. The number of carbonyl (C=O) groups is 1. The summed E-state index contributed by atoms with van der Waals surface area (Å²) in [5.41, 5.74) is -0.275. The molecule has 0 unspecified atom stereocenters. The second-order valence-electron chi connectivity index (χ2n) is 5.08. The van der Waals surface area contributed by atoms with Crippen molar-refractivity contribution >= 4 is 40.1 Å². The minimum Gasteiger partial charge on any atom is -0.334 e. The van der Waals surface area contributed by atoms with Gasteiger partial charge in [-0.05, 0) is 60.7 Å². The van der Waals surface area contributed by atoms with Gasteiger partial charge in [-0.3, -0.25) is 4.79 Å². The van der Waals surface area contributed by atoms with Gasteiger partial charge in [0.2, 0.25) is 0 Å². The molecular weight excluding hydrogens is 389 g/mol. The Morgan fingerprint density at radius 1 is 1.50 bits per heavy atom. The van der Waals surface area contributed by atoms with Crippen LogP contribution in [0.15, 0.2) is 18.2 Å². The molecule has 106 valence electrons. The van der Waals surface area contributed by atoms with E-state index in [0.717, 1.165) is 16.7 Å². The standard InChI is InChI=1S/C14H15ClIN3O/c1-19-6-4-14(9-17,5-7-19)18-13(20)10-2-3-12(16)11(15)8-10/h2-3,8H,4-7H2,1H3,(H,18,20). The van der Waals surface area contributed by atoms with E-state index in [1.54, 1.807) is 18.2 Å². The zero-order chi connectivity index (χ0) is 14.8. The highest BCUT2D eigenvalue weighted by atomic mass is 127. The van der Waals surface area contributed by atoms with Gasteiger partial charge in [0.05, 0.1) is 11.1 Å². The summed E-state index contributed by atoms with van der Waals surface area (Å²) in [6, 6.07) is 7.43. The number of rotatable bonds is 2. The van der Waals surface area contributed by atoms with Crippen LogP contribution in [-0.2, 0) is 0 Å². The number of likely N-dealkylation sites (tertiary alicyclic amines) is 1. The number of nitrogens with one attached hydrogen (secondary N) is 1. The molecule has 0 aliphatic carbocycles. The zero-order valence-electron chi connectivity index (χ0n) is 11.1. The van der Waals surface area contributed by atoms with Gasteiger partial charge in [-0.2, -0.15) is 5.26 Å². The molecule has 1 N–H and O–H groups in total. The Hall–Kier alpha value is -0.840. The number of benzene rings is 1. The van der Waals surface area contributed by atoms with Crippen molar-refractivity contribution in [1.82, 2.24) is 10.2 Å². The van der Waals surface area contributed by atoms with Gasteiger partial charge in [0, 0.05) is 22.2 Å². The molecular formula is C14H15ClIN3O. The predicted molar refractivity (Wildman–Crippen MR) is 86.7 cm³/mol. The monoisotopic (exact) mass is 403 g/mol. The van der Waals surface area contributed by atoms with Crippen molar-refractivity contribution in [3.05, 3.63) is 32.4 Å². The Morgan fingerprint density at radius 3 is 2.70 bits per heavy atom. The van der Waals surface area contributed by atoms with Crippen LogP contribution in [0.1, 0.15) is 23.2 Å². The molecule has 1 aromatic rings. The van der Waals surface area contributed by atoms with Crippen molar-refractivity contribution < 1.29 is 4.79 Å². The number of nitrogens with zero attached hydrogens (tertiary/aromatic N) is 2. The van der Waals surface area contributed by atoms with Crippen LogP contribution in [0.5, 0.6) is 0 Å². The van der Waals surface area contributed by atoms with E-state index in [2.05, 4.69) is 38.9 Å². The van der Waals surface area contributed by atoms with Gasteiger partial charge in [0.1, 0.15) is 5.54 Å². The highest BCUT2D eigenvalue weighted by Crippen LogP contribution is 2.23. The van der Waals surface area contributed by atoms with Gasteiger partial charge in [-0.25, -0.2) is 0 Å². The first-order valence-electron chi connectivity index (χ1n) is 6.33. The molecule has 0 saturated carbocycles. The lowest BCUT2D eigenvalue weighted by Gasteiger charge is -2.36. The number of piperidine rings is 1. The molecule has 1 fully saturated rings. The quantitative estimate of drug-likeness (QED) is 0.773. The van der Waals surface area contributed by atoms with Gasteiger partial charge in [0.15, 0.2) is 0 Å². The van der Waals surface area contributed by atoms with Crippen molar-refractivity contribution in [1.29, 1.82) is 5.26 Å². The summed E-state index contributed by atoms with van der Waals surface area (Å²) in [5, 5.41) is 12.8. The zero-order valence-corrected chi connectivity index (χ0v) is 14.0. The maximum Gasteiger partial charge on any atom is 0.252 e. The molecule has 1 aromatic carbocycles. The highest BCUT2D eigenvalue weighted by molar-refractivity contribution is 14.1. The Labute approximate surface area is 137 Å². The summed E-state index contributed by atoms with van der Waals surface area (Å²) >= 11 is 8.14. The van der Waals surface area contributed by atoms with Crippen LogP contribution in [0.25, 0.3) is 0 Å². The average Bonchev–Trinajstić information content (AvgIpc) is 2.44. The topological polar surface area (TPSA) is 56.1 Å².